The van der Waals surface area contributed by atoms with Crippen molar-refractivity contribution in [2.45, 2.75) is 24.7 Å². The molecule has 0 aliphatic carbocycles. The minimum absolute atomic E-state index is 0.669. The number of rotatable bonds is 5. The van der Waals surface area contributed by atoms with Gasteiger partial charge in [-0.1, -0.05) is 25.5 Å². The van der Waals surface area contributed by atoms with Crippen LogP contribution >= 0.6 is 11.8 Å². The highest BCUT2D eigenvalue weighted by Gasteiger charge is 2.05. The summed E-state index contributed by atoms with van der Waals surface area (Å²) in [6.45, 7) is 2.21. The average molecular weight is 307 g/mol. The second-order valence-electron chi connectivity index (χ2n) is 5.15. The van der Waals surface area contributed by atoms with E-state index in [0.717, 1.165) is 22.7 Å². The molecule has 2 heterocycles. The third kappa shape index (κ3) is 3.15. The number of hydrogen-bond donors (Lipinski definition) is 0. The molecule has 0 N–H and O–H groups in total. The minimum Gasteiger partial charge on any atom is -0.305 e. The van der Waals surface area contributed by atoms with Crippen LogP contribution in [0, 0.1) is 11.3 Å². The molecule has 3 nitrogen and oxygen atoms in total. The van der Waals surface area contributed by atoms with Crippen LogP contribution in [0.3, 0.4) is 0 Å². The van der Waals surface area contributed by atoms with Crippen LogP contribution < -0.4 is 0 Å². The third-order valence-electron chi connectivity index (χ3n) is 3.50. The van der Waals surface area contributed by atoms with Crippen LogP contribution in [0.4, 0.5) is 0 Å². The second kappa shape index (κ2) is 6.67. The molecule has 1 aromatic carbocycles. The van der Waals surface area contributed by atoms with Crippen molar-refractivity contribution in [2.75, 3.05) is 5.75 Å². The molecule has 0 radical (unpaired) electrons. The molecule has 0 aliphatic heterocycles. The van der Waals surface area contributed by atoms with E-state index in [9.17, 15) is 0 Å². The summed E-state index contributed by atoms with van der Waals surface area (Å²) in [5.74, 6) is 1.15. The van der Waals surface area contributed by atoms with Crippen molar-refractivity contribution in [3.63, 3.8) is 0 Å². The lowest BCUT2D eigenvalue weighted by atomic mass is 10.1. The Hall–Kier alpha value is -2.25. The molecule has 3 rings (SSSR count). The Morgan fingerprint density at radius 2 is 1.95 bits per heavy atom. The van der Waals surface area contributed by atoms with Crippen LogP contribution in [0.5, 0.6) is 0 Å². The molecule has 22 heavy (non-hydrogen) atoms. The quantitative estimate of drug-likeness (QED) is 0.504. The van der Waals surface area contributed by atoms with E-state index in [-0.39, 0.29) is 0 Å². The van der Waals surface area contributed by atoms with Crippen LogP contribution in [-0.2, 0) is 0 Å². The molecule has 2 aromatic heterocycles. The summed E-state index contributed by atoms with van der Waals surface area (Å²) in [6, 6.07) is 13.9. The number of fused-ring (bicyclic) bond motifs is 1. The van der Waals surface area contributed by atoms with Crippen LogP contribution in [0.2, 0.25) is 0 Å². The standard InChI is InChI=1S/C18H17N3S/c1-2-3-10-22-16-8-9-18-20-17(13-21(18)12-16)15-6-4-14(11-19)5-7-15/h4-9,12-13H,2-3,10H2,1H3. The maximum atomic E-state index is 8.86. The maximum Gasteiger partial charge on any atom is 0.137 e. The Bertz CT molecular complexity index is 812. The first-order valence-corrected chi connectivity index (χ1v) is 8.41. The number of unbranched alkanes of at least 4 members (excludes halogenated alkanes) is 1. The van der Waals surface area contributed by atoms with Crippen molar-refractivity contribution in [3.8, 4) is 17.3 Å². The van der Waals surface area contributed by atoms with Gasteiger partial charge >= 0.3 is 0 Å². The highest BCUT2D eigenvalue weighted by Crippen LogP contribution is 2.23. The van der Waals surface area contributed by atoms with E-state index < -0.39 is 0 Å². The molecule has 0 bridgehead atoms. The molecule has 0 amide bonds. The molecular weight excluding hydrogens is 290 g/mol. The molecule has 3 aromatic rings. The van der Waals surface area contributed by atoms with Gasteiger partial charge in [0, 0.05) is 22.9 Å². The highest BCUT2D eigenvalue weighted by molar-refractivity contribution is 7.99. The van der Waals surface area contributed by atoms with Gasteiger partial charge in [-0.05, 0) is 36.4 Å². The number of aromatic nitrogens is 2. The number of nitriles is 1. The molecule has 0 unspecified atom stereocenters. The van der Waals surface area contributed by atoms with Crippen LogP contribution in [-0.4, -0.2) is 15.1 Å². The SMILES string of the molecule is CCCCSc1ccc2nc(-c3ccc(C#N)cc3)cn2c1. The van der Waals surface area contributed by atoms with Crippen molar-refractivity contribution < 1.29 is 0 Å². The molecule has 0 fully saturated rings. The molecular formula is C18H17N3S. The molecule has 0 spiro atoms. The lowest BCUT2D eigenvalue weighted by molar-refractivity contribution is 0.896. The number of pyridine rings is 1. The van der Waals surface area contributed by atoms with Gasteiger partial charge in [-0.2, -0.15) is 5.26 Å². The summed E-state index contributed by atoms with van der Waals surface area (Å²) < 4.78 is 2.07. The molecule has 110 valence electrons. The van der Waals surface area contributed by atoms with Gasteiger partial charge < -0.3 is 4.40 Å². The first kappa shape index (κ1) is 14.7. The topological polar surface area (TPSA) is 41.1 Å². The van der Waals surface area contributed by atoms with E-state index in [1.165, 1.54) is 17.7 Å². The Morgan fingerprint density at radius 3 is 2.68 bits per heavy atom. The van der Waals surface area contributed by atoms with Crippen LogP contribution in [0.25, 0.3) is 16.9 Å². The number of hydrogen-bond acceptors (Lipinski definition) is 3. The molecule has 4 heteroatoms. The zero-order valence-corrected chi connectivity index (χ0v) is 13.3. The number of nitrogens with zero attached hydrogens (tertiary/aromatic N) is 3. The fourth-order valence-electron chi connectivity index (χ4n) is 2.25. The summed E-state index contributed by atoms with van der Waals surface area (Å²) in [7, 11) is 0. The number of benzene rings is 1. The third-order valence-corrected chi connectivity index (χ3v) is 4.57. The van der Waals surface area contributed by atoms with E-state index in [1.807, 2.05) is 42.2 Å². The lowest BCUT2D eigenvalue weighted by Crippen LogP contribution is -1.84. The Morgan fingerprint density at radius 1 is 1.14 bits per heavy atom. The molecule has 0 saturated carbocycles. The van der Waals surface area contributed by atoms with Gasteiger partial charge in [-0.3, -0.25) is 0 Å². The predicted octanol–water partition coefficient (Wildman–Crippen LogP) is 4.77. The molecule has 0 saturated heterocycles. The summed E-state index contributed by atoms with van der Waals surface area (Å²) in [5.41, 5.74) is 3.57. The summed E-state index contributed by atoms with van der Waals surface area (Å²) in [4.78, 5) is 5.92. The average Bonchev–Trinajstić information content (AvgIpc) is 2.98. The Labute approximate surface area is 134 Å². The normalized spacial score (nSPS) is 10.7. The summed E-state index contributed by atoms with van der Waals surface area (Å²) in [6.07, 6.45) is 6.64. The van der Waals surface area contributed by atoms with Gasteiger partial charge in [0.05, 0.1) is 17.3 Å². The van der Waals surface area contributed by atoms with Gasteiger partial charge in [0.15, 0.2) is 0 Å². The number of imidazole rings is 1. The largest absolute Gasteiger partial charge is 0.305 e. The highest BCUT2D eigenvalue weighted by atomic mass is 32.2. The number of thioether (sulfide) groups is 1. The molecule has 0 aliphatic rings. The molecule has 0 atom stereocenters. The van der Waals surface area contributed by atoms with Gasteiger partial charge in [0.25, 0.3) is 0 Å². The minimum atomic E-state index is 0.669. The van der Waals surface area contributed by atoms with E-state index in [0.29, 0.717) is 5.56 Å². The first-order valence-electron chi connectivity index (χ1n) is 7.42. The monoisotopic (exact) mass is 307 g/mol. The van der Waals surface area contributed by atoms with Crippen molar-refractivity contribution >= 4 is 17.4 Å². The second-order valence-corrected chi connectivity index (χ2v) is 6.32. The van der Waals surface area contributed by atoms with Gasteiger partial charge in [0.2, 0.25) is 0 Å². The fraction of sp³-hybridized carbons (Fsp3) is 0.222. The summed E-state index contributed by atoms with van der Waals surface area (Å²) >= 11 is 1.89. The lowest BCUT2D eigenvalue weighted by Gasteiger charge is -2.01. The first-order chi connectivity index (χ1) is 10.8. The van der Waals surface area contributed by atoms with E-state index in [1.54, 1.807) is 0 Å². The van der Waals surface area contributed by atoms with Crippen molar-refractivity contribution in [1.82, 2.24) is 9.38 Å². The van der Waals surface area contributed by atoms with Crippen molar-refractivity contribution in [2.24, 2.45) is 0 Å². The predicted molar refractivity (Wildman–Crippen MR) is 91.0 cm³/mol. The maximum absolute atomic E-state index is 8.86. The van der Waals surface area contributed by atoms with Crippen molar-refractivity contribution in [3.05, 3.63) is 54.4 Å². The van der Waals surface area contributed by atoms with Gasteiger partial charge in [-0.25, -0.2) is 4.98 Å². The smallest absolute Gasteiger partial charge is 0.137 e. The zero-order chi connectivity index (χ0) is 15.4. The zero-order valence-electron chi connectivity index (χ0n) is 12.5. The van der Waals surface area contributed by atoms with Gasteiger partial charge in [0.1, 0.15) is 5.65 Å². The van der Waals surface area contributed by atoms with E-state index in [4.69, 9.17) is 5.26 Å². The van der Waals surface area contributed by atoms with Crippen LogP contribution in [0.1, 0.15) is 25.3 Å². The Balaban J connectivity index is 1.87. The van der Waals surface area contributed by atoms with Crippen LogP contribution in [0.15, 0.2) is 53.7 Å². The summed E-state index contributed by atoms with van der Waals surface area (Å²) in [5, 5.41) is 8.86. The fourth-order valence-corrected chi connectivity index (χ4v) is 3.27. The van der Waals surface area contributed by atoms with E-state index in [2.05, 4.69) is 40.7 Å². The Kier molecular flexibility index (Phi) is 4.45. The van der Waals surface area contributed by atoms with Crippen molar-refractivity contribution in [1.29, 1.82) is 5.26 Å². The van der Waals surface area contributed by atoms with E-state index >= 15 is 0 Å². The van der Waals surface area contributed by atoms with Gasteiger partial charge in [-0.15, -0.1) is 11.8 Å².